The molecule has 0 fully saturated rings. The van der Waals surface area contributed by atoms with E-state index in [1.807, 2.05) is 0 Å². The summed E-state index contributed by atoms with van der Waals surface area (Å²) in [5.74, 6) is -0.464. The van der Waals surface area contributed by atoms with Crippen LogP contribution in [0.1, 0.15) is 18.0 Å². The first-order valence-electron chi connectivity index (χ1n) is 5.38. The van der Waals surface area contributed by atoms with Crippen LogP contribution < -0.4 is 5.73 Å². The van der Waals surface area contributed by atoms with E-state index in [-0.39, 0.29) is 5.39 Å². The molecular formula is C13H11F4N. The van der Waals surface area contributed by atoms with E-state index in [2.05, 4.69) is 0 Å². The number of halogens is 4. The van der Waals surface area contributed by atoms with Crippen LogP contribution in [0.4, 0.5) is 17.6 Å². The molecule has 0 bridgehead atoms. The summed E-state index contributed by atoms with van der Waals surface area (Å²) in [5.41, 5.74) is 5.86. The zero-order chi connectivity index (χ0) is 13.3. The highest BCUT2D eigenvalue weighted by molar-refractivity contribution is 5.86. The van der Waals surface area contributed by atoms with Gasteiger partial charge in [0, 0.05) is 11.4 Å². The lowest BCUT2D eigenvalue weighted by Crippen LogP contribution is -2.20. The standard InChI is InChI=1S/C13H11F4N/c14-11-6-5-10(12(18)7-13(15,16)17)8-3-1-2-4-9(8)11/h1-6,12H,7,18H2. The van der Waals surface area contributed by atoms with Gasteiger partial charge in [-0.2, -0.15) is 13.2 Å². The quantitative estimate of drug-likeness (QED) is 0.810. The van der Waals surface area contributed by atoms with Crippen molar-refractivity contribution in [3.05, 3.63) is 47.8 Å². The van der Waals surface area contributed by atoms with Crippen LogP contribution in [0.5, 0.6) is 0 Å². The van der Waals surface area contributed by atoms with Gasteiger partial charge in [0.2, 0.25) is 0 Å². The number of hydrogen-bond acceptors (Lipinski definition) is 1. The molecule has 0 saturated carbocycles. The lowest BCUT2D eigenvalue weighted by atomic mass is 9.97. The van der Waals surface area contributed by atoms with Gasteiger partial charge in [-0.1, -0.05) is 30.3 Å². The largest absolute Gasteiger partial charge is 0.390 e. The number of hydrogen-bond donors (Lipinski definition) is 1. The average molecular weight is 257 g/mol. The Balaban J connectivity index is 2.49. The highest BCUT2D eigenvalue weighted by Crippen LogP contribution is 2.32. The molecule has 2 aromatic carbocycles. The fourth-order valence-electron chi connectivity index (χ4n) is 1.97. The van der Waals surface area contributed by atoms with E-state index in [0.717, 1.165) is 6.07 Å². The van der Waals surface area contributed by atoms with Gasteiger partial charge in [0.05, 0.1) is 6.42 Å². The SMILES string of the molecule is NC(CC(F)(F)F)c1ccc(F)c2ccccc12. The highest BCUT2D eigenvalue weighted by Gasteiger charge is 2.31. The molecule has 0 heterocycles. The van der Waals surface area contributed by atoms with Gasteiger partial charge in [-0.3, -0.25) is 0 Å². The molecule has 0 aliphatic carbocycles. The van der Waals surface area contributed by atoms with Gasteiger partial charge in [-0.15, -0.1) is 0 Å². The molecule has 1 atom stereocenters. The maximum absolute atomic E-state index is 13.5. The summed E-state index contributed by atoms with van der Waals surface area (Å²) in [5, 5.41) is 0.710. The van der Waals surface area contributed by atoms with Crippen LogP contribution in [-0.2, 0) is 0 Å². The van der Waals surface area contributed by atoms with Crippen LogP contribution in [0.3, 0.4) is 0 Å². The maximum atomic E-state index is 13.5. The summed E-state index contributed by atoms with van der Waals surface area (Å²) in [6, 6.07) is 7.65. The topological polar surface area (TPSA) is 26.0 Å². The van der Waals surface area contributed by atoms with Crippen LogP contribution in [0.15, 0.2) is 36.4 Å². The van der Waals surface area contributed by atoms with Gasteiger partial charge in [0.25, 0.3) is 0 Å². The number of rotatable bonds is 2. The van der Waals surface area contributed by atoms with E-state index >= 15 is 0 Å². The number of benzene rings is 2. The molecule has 96 valence electrons. The molecule has 2 aromatic rings. The Bertz CT molecular complexity index is 562. The van der Waals surface area contributed by atoms with Crippen molar-refractivity contribution in [2.24, 2.45) is 5.73 Å². The summed E-state index contributed by atoms with van der Waals surface area (Å²) < 4.78 is 50.5. The first-order chi connectivity index (χ1) is 8.38. The number of nitrogens with two attached hydrogens (primary N) is 1. The van der Waals surface area contributed by atoms with E-state index in [9.17, 15) is 17.6 Å². The average Bonchev–Trinajstić information content (AvgIpc) is 2.27. The van der Waals surface area contributed by atoms with Crippen molar-refractivity contribution in [3.63, 3.8) is 0 Å². The van der Waals surface area contributed by atoms with Gasteiger partial charge in [0.1, 0.15) is 5.82 Å². The third kappa shape index (κ3) is 2.61. The summed E-state index contributed by atoms with van der Waals surface area (Å²) in [6.45, 7) is 0. The Morgan fingerprint density at radius 1 is 1.00 bits per heavy atom. The van der Waals surface area contributed by atoms with Crippen molar-refractivity contribution >= 4 is 10.8 Å². The Kier molecular flexibility index (Phi) is 3.26. The second-order valence-electron chi connectivity index (χ2n) is 4.11. The van der Waals surface area contributed by atoms with Crippen molar-refractivity contribution in [1.29, 1.82) is 0 Å². The van der Waals surface area contributed by atoms with E-state index < -0.39 is 24.5 Å². The Morgan fingerprint density at radius 2 is 1.61 bits per heavy atom. The number of fused-ring (bicyclic) bond motifs is 1. The van der Waals surface area contributed by atoms with Crippen LogP contribution in [-0.4, -0.2) is 6.18 Å². The molecule has 0 aliphatic heterocycles. The van der Waals surface area contributed by atoms with Crippen molar-refractivity contribution in [2.45, 2.75) is 18.6 Å². The molecule has 1 nitrogen and oxygen atoms in total. The van der Waals surface area contributed by atoms with Crippen molar-refractivity contribution in [2.75, 3.05) is 0 Å². The Hall–Kier alpha value is -1.62. The van der Waals surface area contributed by atoms with E-state index in [4.69, 9.17) is 5.73 Å². The number of alkyl halides is 3. The molecule has 0 amide bonds. The van der Waals surface area contributed by atoms with E-state index in [1.54, 1.807) is 18.2 Å². The summed E-state index contributed by atoms with van der Waals surface area (Å²) in [7, 11) is 0. The minimum Gasteiger partial charge on any atom is -0.324 e. The van der Waals surface area contributed by atoms with Crippen molar-refractivity contribution in [1.82, 2.24) is 0 Å². The minimum atomic E-state index is -4.34. The first kappa shape index (κ1) is 12.8. The van der Waals surface area contributed by atoms with Gasteiger partial charge in [0.15, 0.2) is 0 Å². The van der Waals surface area contributed by atoms with Crippen LogP contribution in [0.2, 0.25) is 0 Å². The molecule has 2 rings (SSSR count). The lowest BCUT2D eigenvalue weighted by Gasteiger charge is -2.16. The molecule has 0 radical (unpaired) electrons. The molecule has 18 heavy (non-hydrogen) atoms. The summed E-state index contributed by atoms with van der Waals surface area (Å²) in [4.78, 5) is 0. The predicted molar refractivity (Wildman–Crippen MR) is 61.5 cm³/mol. The molecular weight excluding hydrogens is 246 g/mol. The molecule has 0 spiro atoms. The molecule has 5 heteroatoms. The highest BCUT2D eigenvalue weighted by atomic mass is 19.4. The van der Waals surface area contributed by atoms with E-state index in [0.29, 0.717) is 10.9 Å². The van der Waals surface area contributed by atoms with Crippen LogP contribution in [0.25, 0.3) is 10.8 Å². The first-order valence-corrected chi connectivity index (χ1v) is 5.38. The van der Waals surface area contributed by atoms with Crippen LogP contribution in [0, 0.1) is 5.82 Å². The normalized spacial score (nSPS) is 13.8. The third-order valence-electron chi connectivity index (χ3n) is 2.76. The van der Waals surface area contributed by atoms with Gasteiger partial charge < -0.3 is 5.73 Å². The van der Waals surface area contributed by atoms with E-state index in [1.165, 1.54) is 12.1 Å². The van der Waals surface area contributed by atoms with Crippen molar-refractivity contribution in [3.8, 4) is 0 Å². The van der Waals surface area contributed by atoms with Crippen molar-refractivity contribution < 1.29 is 17.6 Å². The molecule has 0 aliphatic rings. The zero-order valence-electron chi connectivity index (χ0n) is 9.34. The monoisotopic (exact) mass is 257 g/mol. The molecule has 0 saturated heterocycles. The Morgan fingerprint density at radius 3 is 2.22 bits per heavy atom. The lowest BCUT2D eigenvalue weighted by molar-refractivity contribution is -0.138. The maximum Gasteiger partial charge on any atom is 0.390 e. The fraction of sp³-hybridized carbons (Fsp3) is 0.231. The molecule has 2 N–H and O–H groups in total. The third-order valence-corrected chi connectivity index (χ3v) is 2.76. The minimum absolute atomic E-state index is 0.285. The summed E-state index contributed by atoms with van der Waals surface area (Å²) in [6.07, 6.45) is -5.46. The van der Waals surface area contributed by atoms with Crippen LogP contribution >= 0.6 is 0 Å². The van der Waals surface area contributed by atoms with Gasteiger partial charge in [-0.05, 0) is 17.0 Å². The molecule has 1 unspecified atom stereocenters. The smallest absolute Gasteiger partial charge is 0.324 e. The predicted octanol–water partition coefficient (Wildman–Crippen LogP) is 3.93. The summed E-state index contributed by atoms with van der Waals surface area (Å²) >= 11 is 0. The second kappa shape index (κ2) is 4.57. The second-order valence-corrected chi connectivity index (χ2v) is 4.11. The zero-order valence-corrected chi connectivity index (χ0v) is 9.34. The fourth-order valence-corrected chi connectivity index (χ4v) is 1.97. The Labute approximate surface area is 101 Å². The molecule has 0 aromatic heterocycles. The van der Waals surface area contributed by atoms with Gasteiger partial charge >= 0.3 is 6.18 Å². The van der Waals surface area contributed by atoms with Gasteiger partial charge in [-0.25, -0.2) is 4.39 Å².